The highest BCUT2D eigenvalue weighted by Gasteiger charge is 2.26. The zero-order chi connectivity index (χ0) is 29.7. The molecule has 0 aliphatic rings. The van der Waals surface area contributed by atoms with E-state index in [-0.39, 0.29) is 5.92 Å². The second-order valence-electron chi connectivity index (χ2n) is 12.0. The van der Waals surface area contributed by atoms with Crippen molar-refractivity contribution in [3.05, 3.63) is 55.1 Å². The van der Waals surface area contributed by atoms with E-state index in [1.165, 1.54) is 6.20 Å². The second-order valence-corrected chi connectivity index (χ2v) is 12.0. The lowest BCUT2D eigenvalue weighted by atomic mass is 9.98. The summed E-state index contributed by atoms with van der Waals surface area (Å²) < 4.78 is 11.9. The first kappa shape index (κ1) is 30.3. The van der Waals surface area contributed by atoms with Gasteiger partial charge >= 0.3 is 12.2 Å². The van der Waals surface area contributed by atoms with Crippen molar-refractivity contribution in [2.75, 3.05) is 5.32 Å². The van der Waals surface area contributed by atoms with E-state index in [9.17, 15) is 14.4 Å². The Labute approximate surface area is 235 Å². The van der Waals surface area contributed by atoms with Crippen LogP contribution in [-0.2, 0) is 14.3 Å². The number of benzene rings is 1. The normalized spacial score (nSPS) is 12.5. The van der Waals surface area contributed by atoms with E-state index in [1.54, 1.807) is 66.2 Å². The molecule has 0 radical (unpaired) electrons. The smallest absolute Gasteiger partial charge is 0.435 e. The first-order valence-electron chi connectivity index (χ1n) is 13.2. The molecule has 1 atom stereocenters. The third-order valence-electron chi connectivity index (χ3n) is 5.48. The molecule has 2 N–H and O–H groups in total. The number of rotatable bonds is 7. The maximum Gasteiger partial charge on any atom is 0.435 e. The van der Waals surface area contributed by atoms with Crippen molar-refractivity contribution in [1.82, 2.24) is 20.1 Å². The number of carbonyl (C=O) groups is 3. The Morgan fingerprint density at radius 3 is 2.15 bits per heavy atom. The van der Waals surface area contributed by atoms with E-state index in [1.807, 2.05) is 38.1 Å². The van der Waals surface area contributed by atoms with Crippen LogP contribution in [0.4, 0.5) is 15.3 Å². The summed E-state index contributed by atoms with van der Waals surface area (Å²) in [5.41, 5.74) is 2.15. The zero-order valence-electron chi connectivity index (χ0n) is 24.4. The first-order valence-corrected chi connectivity index (χ1v) is 13.2. The molecule has 1 unspecified atom stereocenters. The van der Waals surface area contributed by atoms with Crippen LogP contribution in [0.3, 0.4) is 0 Å². The largest absolute Gasteiger partial charge is 0.444 e. The van der Waals surface area contributed by atoms with Gasteiger partial charge in [0.2, 0.25) is 5.91 Å². The number of anilines is 1. The van der Waals surface area contributed by atoms with Crippen LogP contribution in [0.15, 0.2) is 55.1 Å². The van der Waals surface area contributed by atoms with Crippen LogP contribution in [-0.4, -0.2) is 50.1 Å². The highest BCUT2D eigenvalue weighted by atomic mass is 16.6. The monoisotopic (exact) mass is 549 g/mol. The number of aromatic nitrogens is 3. The summed E-state index contributed by atoms with van der Waals surface area (Å²) in [6, 6.07) is 8.50. The van der Waals surface area contributed by atoms with Crippen molar-refractivity contribution in [2.45, 2.75) is 79.1 Å². The van der Waals surface area contributed by atoms with Gasteiger partial charge in [0.1, 0.15) is 17.2 Å². The average Bonchev–Trinajstić information content (AvgIpc) is 3.32. The van der Waals surface area contributed by atoms with Gasteiger partial charge in [0.15, 0.2) is 0 Å². The summed E-state index contributed by atoms with van der Waals surface area (Å²) >= 11 is 0. The number of carbonyl (C=O) groups excluding carboxylic acids is 3. The van der Waals surface area contributed by atoms with Crippen LogP contribution in [0.5, 0.6) is 0 Å². The minimum Gasteiger partial charge on any atom is -0.444 e. The summed E-state index contributed by atoms with van der Waals surface area (Å²) in [6.45, 7) is 14.6. The molecular weight excluding hydrogens is 510 g/mol. The number of pyridine rings is 1. The van der Waals surface area contributed by atoms with Crippen molar-refractivity contribution in [3.63, 3.8) is 0 Å². The average molecular weight is 550 g/mol. The predicted molar refractivity (Wildman–Crippen MR) is 154 cm³/mol. The highest BCUT2D eigenvalue weighted by molar-refractivity contribution is 6.00. The summed E-state index contributed by atoms with van der Waals surface area (Å²) in [6.07, 6.45) is 5.61. The highest BCUT2D eigenvalue weighted by Crippen LogP contribution is 2.33. The van der Waals surface area contributed by atoms with Gasteiger partial charge in [0.25, 0.3) is 0 Å². The van der Waals surface area contributed by atoms with Crippen LogP contribution in [0.1, 0.15) is 61.8 Å². The summed E-state index contributed by atoms with van der Waals surface area (Å²) in [5, 5.41) is 9.86. The van der Waals surface area contributed by atoms with Crippen molar-refractivity contribution >= 4 is 23.8 Å². The van der Waals surface area contributed by atoms with E-state index in [0.29, 0.717) is 23.2 Å². The van der Waals surface area contributed by atoms with Crippen LogP contribution < -0.4 is 10.6 Å². The number of amides is 2. The van der Waals surface area contributed by atoms with Gasteiger partial charge < -0.3 is 20.1 Å². The number of ether oxygens (including phenoxy) is 2. The Morgan fingerprint density at radius 2 is 1.55 bits per heavy atom. The molecular formula is C30H39N5O5. The fourth-order valence-corrected chi connectivity index (χ4v) is 3.86. The Kier molecular flexibility index (Phi) is 9.34. The van der Waals surface area contributed by atoms with Gasteiger partial charge in [0.05, 0.1) is 6.20 Å². The zero-order valence-corrected chi connectivity index (χ0v) is 24.4. The number of hydrogen-bond donors (Lipinski definition) is 2. The molecule has 3 aromatic rings. The van der Waals surface area contributed by atoms with E-state index < -0.39 is 35.3 Å². The van der Waals surface area contributed by atoms with Crippen molar-refractivity contribution < 1.29 is 23.9 Å². The Bertz CT molecular complexity index is 1340. The van der Waals surface area contributed by atoms with Gasteiger partial charge in [-0.15, -0.1) is 0 Å². The Balaban J connectivity index is 1.97. The third-order valence-corrected chi connectivity index (χ3v) is 5.48. The molecule has 0 aliphatic heterocycles. The fourth-order valence-electron chi connectivity index (χ4n) is 3.86. The van der Waals surface area contributed by atoms with Gasteiger partial charge in [-0.05, 0) is 89.3 Å². The molecule has 10 heteroatoms. The third kappa shape index (κ3) is 8.93. The Morgan fingerprint density at radius 1 is 0.900 bits per heavy atom. The van der Waals surface area contributed by atoms with Crippen LogP contribution in [0, 0.1) is 5.92 Å². The van der Waals surface area contributed by atoms with E-state index in [0.717, 1.165) is 15.8 Å². The van der Waals surface area contributed by atoms with Gasteiger partial charge in [-0.1, -0.05) is 19.9 Å². The lowest BCUT2D eigenvalue weighted by Crippen LogP contribution is -2.46. The molecule has 0 spiro atoms. The summed E-state index contributed by atoms with van der Waals surface area (Å²) in [4.78, 5) is 42.6. The van der Waals surface area contributed by atoms with Crippen molar-refractivity contribution in [2.24, 2.45) is 5.92 Å². The van der Waals surface area contributed by atoms with Crippen LogP contribution in [0.25, 0.3) is 22.3 Å². The van der Waals surface area contributed by atoms with Gasteiger partial charge in [-0.3, -0.25) is 9.78 Å². The molecule has 0 bridgehead atoms. The molecule has 0 saturated heterocycles. The van der Waals surface area contributed by atoms with Crippen molar-refractivity contribution in [1.29, 1.82) is 0 Å². The SMILES string of the molecule is CC(C)CC(NC(=O)OC(C)(C)C)C(=O)Nc1ccc(-c2ccncc2)cc1-c1cnn(C(=O)OC(C)(C)C)c1. The number of nitrogens with one attached hydrogen (secondary N) is 2. The first-order chi connectivity index (χ1) is 18.6. The molecule has 2 amide bonds. The van der Waals surface area contributed by atoms with Gasteiger partial charge in [-0.2, -0.15) is 9.78 Å². The lowest BCUT2D eigenvalue weighted by molar-refractivity contribution is -0.118. The maximum atomic E-state index is 13.5. The molecule has 2 heterocycles. The number of alkyl carbamates (subject to hydrolysis) is 1. The number of hydrogen-bond acceptors (Lipinski definition) is 7. The molecule has 214 valence electrons. The lowest BCUT2D eigenvalue weighted by Gasteiger charge is -2.24. The van der Waals surface area contributed by atoms with E-state index in [2.05, 4.69) is 20.7 Å². The standard InChI is InChI=1S/C30H39N5O5/c1-19(2)15-25(34-27(37)39-29(3,4)5)26(36)33-24-10-9-21(20-11-13-31-14-12-20)16-23(24)22-17-32-35(18-22)28(38)40-30(6,7)8/h9-14,16-19,25H,15H2,1-8H3,(H,33,36)(H,34,37). The second kappa shape index (κ2) is 12.3. The van der Waals surface area contributed by atoms with E-state index in [4.69, 9.17) is 9.47 Å². The predicted octanol–water partition coefficient (Wildman–Crippen LogP) is 6.27. The quantitative estimate of drug-likeness (QED) is 0.356. The van der Waals surface area contributed by atoms with Crippen molar-refractivity contribution in [3.8, 4) is 22.3 Å². The molecule has 10 nitrogen and oxygen atoms in total. The number of nitrogens with zero attached hydrogens (tertiary/aromatic N) is 3. The topological polar surface area (TPSA) is 124 Å². The molecule has 40 heavy (non-hydrogen) atoms. The summed E-state index contributed by atoms with van der Waals surface area (Å²) in [5.74, 6) is -0.261. The molecule has 2 aromatic heterocycles. The van der Waals surface area contributed by atoms with E-state index >= 15 is 0 Å². The van der Waals surface area contributed by atoms with Crippen LogP contribution >= 0.6 is 0 Å². The minimum absolute atomic E-state index is 0.131. The maximum absolute atomic E-state index is 13.5. The molecule has 0 saturated carbocycles. The fraction of sp³-hybridized carbons (Fsp3) is 0.433. The molecule has 3 rings (SSSR count). The van der Waals surface area contributed by atoms with Gasteiger partial charge in [0, 0.05) is 35.4 Å². The molecule has 1 aromatic carbocycles. The molecule has 0 aliphatic carbocycles. The Hall–Kier alpha value is -4.21. The molecule has 0 fully saturated rings. The van der Waals surface area contributed by atoms with Crippen LogP contribution in [0.2, 0.25) is 0 Å². The summed E-state index contributed by atoms with van der Waals surface area (Å²) in [7, 11) is 0. The minimum atomic E-state index is -0.827. The van der Waals surface area contributed by atoms with Gasteiger partial charge in [-0.25, -0.2) is 9.59 Å².